The van der Waals surface area contributed by atoms with Gasteiger partial charge in [-0.15, -0.1) is 0 Å². The lowest BCUT2D eigenvalue weighted by Crippen LogP contribution is -2.41. The average Bonchev–Trinajstić information content (AvgIpc) is 3.11. The van der Waals surface area contributed by atoms with Gasteiger partial charge in [0, 0.05) is 6.16 Å². The summed E-state index contributed by atoms with van der Waals surface area (Å²) >= 11 is 0. The number of amides is 3. The fourth-order valence-corrected chi connectivity index (χ4v) is 6.37. The van der Waals surface area contributed by atoms with Gasteiger partial charge >= 0.3 is 5.97 Å². The molecule has 0 radical (unpaired) electrons. The number of hydrogen-bond acceptors (Lipinski definition) is 7. The number of imide groups is 1. The molecule has 10 heteroatoms. The van der Waals surface area contributed by atoms with Crippen molar-refractivity contribution in [3.05, 3.63) is 71.3 Å². The lowest BCUT2D eigenvalue weighted by Gasteiger charge is -2.24. The summed E-state index contributed by atoms with van der Waals surface area (Å²) in [6.45, 7) is 5.30. The lowest BCUT2D eigenvalue weighted by molar-refractivity contribution is -0.149. The van der Waals surface area contributed by atoms with Gasteiger partial charge in [0.25, 0.3) is 11.8 Å². The summed E-state index contributed by atoms with van der Waals surface area (Å²) in [5.74, 6) is -2.79. The number of carbonyl (C=O) groups is 4. The largest absolute Gasteiger partial charge is 0.461 e. The predicted octanol–water partition coefficient (Wildman–Crippen LogP) is 4.08. The van der Waals surface area contributed by atoms with E-state index in [9.17, 15) is 23.7 Å². The molecule has 1 heterocycles. The van der Waals surface area contributed by atoms with Gasteiger partial charge in [0.1, 0.15) is 13.2 Å². The second kappa shape index (κ2) is 12.8. The first-order valence-electron chi connectivity index (χ1n) is 12.3. The number of carbonyl (C=O) groups excluding carboxylic acids is 4. The van der Waals surface area contributed by atoms with Gasteiger partial charge in [-0.2, -0.15) is 0 Å². The zero-order valence-electron chi connectivity index (χ0n) is 21.3. The summed E-state index contributed by atoms with van der Waals surface area (Å²) < 4.78 is 24.7. The summed E-state index contributed by atoms with van der Waals surface area (Å²) in [6.07, 6.45) is 0.0109. The number of fused-ring (bicyclic) bond motifs is 1. The van der Waals surface area contributed by atoms with Crippen molar-refractivity contribution >= 4 is 31.1 Å². The molecular formula is C27H33N2O7P. The summed E-state index contributed by atoms with van der Waals surface area (Å²) in [4.78, 5) is 51.4. The van der Waals surface area contributed by atoms with E-state index in [1.165, 1.54) is 12.1 Å². The van der Waals surface area contributed by atoms with Crippen molar-refractivity contribution in [2.45, 2.75) is 33.8 Å². The van der Waals surface area contributed by atoms with Crippen LogP contribution in [0.15, 0.2) is 54.6 Å². The summed E-state index contributed by atoms with van der Waals surface area (Å²) in [6, 6.07) is 15.6. The zero-order chi connectivity index (χ0) is 27.0. The number of hydrogen-bond donors (Lipinski definition) is 1. The van der Waals surface area contributed by atoms with Crippen molar-refractivity contribution in [3.8, 4) is 0 Å². The van der Waals surface area contributed by atoms with Crippen LogP contribution in [0.3, 0.4) is 0 Å². The van der Waals surface area contributed by atoms with Crippen molar-refractivity contribution in [1.82, 2.24) is 10.2 Å². The van der Waals surface area contributed by atoms with Crippen LogP contribution >= 0.6 is 7.37 Å². The summed E-state index contributed by atoms with van der Waals surface area (Å²) in [5.41, 5.74) is 1.32. The Bertz CT molecular complexity index is 1150. The van der Waals surface area contributed by atoms with Crippen LogP contribution in [0.5, 0.6) is 0 Å². The maximum atomic E-state index is 13.6. The second-order valence-electron chi connectivity index (χ2n) is 9.33. The monoisotopic (exact) mass is 528 g/mol. The standard InChI is InChI=1S/C27H33N2O7P/c1-4-36-37(34,17-21(14-19(2)3)27(33)35-16-20-10-6-5-7-11-20)18-28-24(30)15-29-25(31)22-12-8-9-13-23(22)26(29)32/h5-13,19,21H,4,14-18H2,1-3H3,(H,28,30). The highest BCUT2D eigenvalue weighted by Gasteiger charge is 2.37. The second-order valence-corrected chi connectivity index (χ2v) is 11.9. The molecule has 0 aliphatic carbocycles. The Hall–Kier alpha value is -3.29. The Labute approximate surface area is 217 Å². The zero-order valence-corrected chi connectivity index (χ0v) is 22.2. The third-order valence-corrected chi connectivity index (χ3v) is 8.24. The minimum absolute atomic E-state index is 0.0973. The van der Waals surface area contributed by atoms with Gasteiger partial charge in [0.05, 0.1) is 29.9 Å². The average molecular weight is 529 g/mol. The van der Waals surface area contributed by atoms with Crippen LogP contribution in [0.2, 0.25) is 0 Å². The number of ether oxygens (including phenoxy) is 1. The Morgan fingerprint density at radius 2 is 1.57 bits per heavy atom. The molecule has 9 nitrogen and oxygen atoms in total. The van der Waals surface area contributed by atoms with E-state index in [2.05, 4.69) is 5.32 Å². The SMILES string of the molecule is CCOP(=O)(CNC(=O)CN1C(=O)c2ccccc2C1=O)CC(CC(C)C)C(=O)OCc1ccccc1. The van der Waals surface area contributed by atoms with Crippen LogP contribution in [-0.4, -0.2) is 54.2 Å². The molecule has 0 fully saturated rings. The molecule has 2 unspecified atom stereocenters. The van der Waals surface area contributed by atoms with Crippen molar-refractivity contribution in [2.75, 3.05) is 25.6 Å². The number of benzene rings is 2. The molecule has 0 spiro atoms. The molecule has 1 aliphatic heterocycles. The number of nitrogens with zero attached hydrogens (tertiary/aromatic N) is 1. The Morgan fingerprint density at radius 3 is 2.14 bits per heavy atom. The third kappa shape index (κ3) is 7.60. The van der Waals surface area contributed by atoms with Crippen LogP contribution < -0.4 is 5.32 Å². The third-order valence-electron chi connectivity index (χ3n) is 5.87. The molecule has 2 aromatic carbocycles. The number of rotatable bonds is 13. The molecule has 3 amide bonds. The number of esters is 1. The van der Waals surface area contributed by atoms with Crippen molar-refractivity contribution < 1.29 is 33.0 Å². The quantitative estimate of drug-likeness (QED) is 0.236. The molecule has 37 heavy (non-hydrogen) atoms. The van der Waals surface area contributed by atoms with Crippen LogP contribution in [0.25, 0.3) is 0 Å². The molecule has 1 N–H and O–H groups in total. The first-order chi connectivity index (χ1) is 17.6. The van der Waals surface area contributed by atoms with E-state index in [0.29, 0.717) is 6.42 Å². The molecule has 2 aromatic rings. The van der Waals surface area contributed by atoms with E-state index >= 15 is 0 Å². The molecule has 0 aromatic heterocycles. The Balaban J connectivity index is 1.62. The van der Waals surface area contributed by atoms with Crippen molar-refractivity contribution in [3.63, 3.8) is 0 Å². The molecule has 3 rings (SSSR count). The van der Waals surface area contributed by atoms with Crippen molar-refractivity contribution in [2.24, 2.45) is 11.8 Å². The summed E-state index contributed by atoms with van der Waals surface area (Å²) in [5, 5.41) is 2.53. The van der Waals surface area contributed by atoms with Crippen LogP contribution in [0.1, 0.15) is 53.5 Å². The first kappa shape index (κ1) is 28.3. The van der Waals surface area contributed by atoms with Gasteiger partial charge in [-0.1, -0.05) is 56.3 Å². The Morgan fingerprint density at radius 1 is 0.973 bits per heavy atom. The van der Waals surface area contributed by atoms with Gasteiger partial charge < -0.3 is 14.6 Å². The van der Waals surface area contributed by atoms with Crippen molar-refractivity contribution in [1.29, 1.82) is 0 Å². The maximum absolute atomic E-state index is 13.6. The topological polar surface area (TPSA) is 119 Å². The fraction of sp³-hybridized carbons (Fsp3) is 0.407. The highest BCUT2D eigenvalue weighted by molar-refractivity contribution is 7.59. The van der Waals surface area contributed by atoms with E-state index < -0.39 is 43.5 Å². The van der Waals surface area contributed by atoms with Gasteiger partial charge in [-0.05, 0) is 37.0 Å². The summed E-state index contributed by atoms with van der Waals surface area (Å²) in [7, 11) is -3.49. The minimum atomic E-state index is -3.49. The van der Waals surface area contributed by atoms with Gasteiger partial charge in [-0.3, -0.25) is 28.6 Å². The highest BCUT2D eigenvalue weighted by atomic mass is 31.2. The molecule has 0 bridgehead atoms. The normalized spacial score (nSPS) is 15.3. The van der Waals surface area contributed by atoms with Crippen LogP contribution in [0, 0.1) is 11.8 Å². The van der Waals surface area contributed by atoms with E-state index in [0.717, 1.165) is 10.5 Å². The molecule has 0 saturated heterocycles. The molecule has 198 valence electrons. The van der Waals surface area contributed by atoms with E-state index in [4.69, 9.17) is 9.26 Å². The Kier molecular flexibility index (Phi) is 9.78. The minimum Gasteiger partial charge on any atom is -0.461 e. The molecule has 1 aliphatic rings. The molecular weight excluding hydrogens is 495 g/mol. The van der Waals surface area contributed by atoms with E-state index in [1.807, 2.05) is 44.2 Å². The lowest BCUT2D eigenvalue weighted by atomic mass is 9.99. The predicted molar refractivity (Wildman–Crippen MR) is 138 cm³/mol. The highest BCUT2D eigenvalue weighted by Crippen LogP contribution is 2.48. The number of nitrogens with one attached hydrogen (secondary N) is 1. The van der Waals surface area contributed by atoms with Gasteiger partial charge in [0.15, 0.2) is 0 Å². The van der Waals surface area contributed by atoms with Crippen LogP contribution in [-0.2, 0) is 30.0 Å². The maximum Gasteiger partial charge on any atom is 0.309 e. The van der Waals surface area contributed by atoms with Gasteiger partial charge in [-0.25, -0.2) is 0 Å². The molecule has 0 saturated carbocycles. The van der Waals surface area contributed by atoms with Gasteiger partial charge in [0.2, 0.25) is 13.3 Å². The molecule has 2 atom stereocenters. The smallest absolute Gasteiger partial charge is 0.309 e. The van der Waals surface area contributed by atoms with Crippen LogP contribution in [0.4, 0.5) is 0 Å². The van der Waals surface area contributed by atoms with E-state index in [1.54, 1.807) is 19.1 Å². The first-order valence-corrected chi connectivity index (χ1v) is 14.3. The fourth-order valence-electron chi connectivity index (χ4n) is 4.19. The van der Waals surface area contributed by atoms with E-state index in [-0.39, 0.29) is 42.7 Å².